The first-order valence-electron chi connectivity index (χ1n) is 13.6. The smallest absolute Gasteiger partial charge is 0.326 e. The maximum absolute atomic E-state index is 12.0. The molecule has 1 amide bonds. The van der Waals surface area contributed by atoms with Gasteiger partial charge in [0, 0.05) is 37.3 Å². The number of carboxylic acids is 1. The monoisotopic (exact) mass is 531 g/mol. The summed E-state index contributed by atoms with van der Waals surface area (Å²) < 4.78 is 0. The van der Waals surface area contributed by atoms with Crippen LogP contribution in [0.25, 0.3) is 11.3 Å². The predicted octanol–water partition coefficient (Wildman–Crippen LogP) is 3.35. The third-order valence-corrected chi connectivity index (χ3v) is 6.84. The van der Waals surface area contributed by atoms with Crippen LogP contribution in [0.2, 0.25) is 0 Å². The average Bonchev–Trinajstić information content (AvgIpc) is 2.95. The Morgan fingerprint density at radius 1 is 1.05 bits per heavy atom. The van der Waals surface area contributed by atoms with Crippen molar-refractivity contribution in [3.05, 3.63) is 66.1 Å². The molecule has 39 heavy (non-hydrogen) atoms. The van der Waals surface area contributed by atoms with Gasteiger partial charge in [-0.1, -0.05) is 36.4 Å². The molecular formula is C29H37N7O3. The van der Waals surface area contributed by atoms with E-state index >= 15 is 0 Å². The van der Waals surface area contributed by atoms with Gasteiger partial charge in [-0.25, -0.2) is 14.8 Å². The van der Waals surface area contributed by atoms with Crippen molar-refractivity contribution in [3.8, 4) is 11.3 Å². The fourth-order valence-corrected chi connectivity index (χ4v) is 4.68. The number of anilines is 2. The molecule has 0 unspecified atom stereocenters. The quantitative estimate of drug-likeness (QED) is 0.217. The van der Waals surface area contributed by atoms with Gasteiger partial charge in [0.2, 0.25) is 5.91 Å². The molecular weight excluding hydrogens is 494 g/mol. The summed E-state index contributed by atoms with van der Waals surface area (Å²) in [6.07, 6.45) is 8.67. The summed E-state index contributed by atoms with van der Waals surface area (Å²) in [5, 5.41) is 16.3. The van der Waals surface area contributed by atoms with Crippen LogP contribution in [0.4, 0.5) is 11.6 Å². The highest BCUT2D eigenvalue weighted by Crippen LogP contribution is 2.21. The number of pyridine rings is 1. The van der Waals surface area contributed by atoms with Gasteiger partial charge in [0.15, 0.2) is 0 Å². The summed E-state index contributed by atoms with van der Waals surface area (Å²) in [6, 6.07) is 13.0. The van der Waals surface area contributed by atoms with Crippen molar-refractivity contribution in [2.75, 3.05) is 36.8 Å². The Hall–Kier alpha value is -4.05. The Morgan fingerprint density at radius 3 is 2.69 bits per heavy atom. The van der Waals surface area contributed by atoms with Gasteiger partial charge in [0.1, 0.15) is 17.7 Å². The van der Waals surface area contributed by atoms with Crippen LogP contribution in [0.15, 0.2) is 54.9 Å². The van der Waals surface area contributed by atoms with Crippen LogP contribution in [0, 0.1) is 0 Å². The molecule has 0 saturated carbocycles. The molecule has 0 spiro atoms. The molecule has 5 N–H and O–H groups in total. The molecule has 0 aliphatic carbocycles. The van der Waals surface area contributed by atoms with E-state index in [2.05, 4.69) is 37.6 Å². The van der Waals surface area contributed by atoms with E-state index in [0.29, 0.717) is 31.0 Å². The summed E-state index contributed by atoms with van der Waals surface area (Å²) in [5.74, 6) is 0.0723. The van der Waals surface area contributed by atoms with Gasteiger partial charge in [-0.2, -0.15) is 0 Å². The maximum Gasteiger partial charge on any atom is 0.326 e. The first-order valence-corrected chi connectivity index (χ1v) is 13.6. The van der Waals surface area contributed by atoms with E-state index in [4.69, 9.17) is 10.7 Å². The second-order valence-electron chi connectivity index (χ2n) is 9.84. The highest BCUT2D eigenvalue weighted by atomic mass is 16.4. The third-order valence-electron chi connectivity index (χ3n) is 6.84. The van der Waals surface area contributed by atoms with Gasteiger partial charge in [-0.15, -0.1) is 0 Å². The molecule has 0 saturated heterocycles. The number of carbonyl (C=O) groups is 2. The molecule has 2 aromatic heterocycles. The summed E-state index contributed by atoms with van der Waals surface area (Å²) in [6.45, 7) is 2.71. The number of nitrogens with zero attached hydrogens (tertiary/aromatic N) is 4. The van der Waals surface area contributed by atoms with Crippen molar-refractivity contribution in [2.45, 2.75) is 51.0 Å². The molecule has 4 rings (SSSR count). The molecule has 206 valence electrons. The first kappa shape index (κ1) is 28.0. The van der Waals surface area contributed by atoms with Gasteiger partial charge < -0.3 is 26.4 Å². The lowest BCUT2D eigenvalue weighted by molar-refractivity contribution is -0.138. The first-order chi connectivity index (χ1) is 19.0. The number of amides is 1. The summed E-state index contributed by atoms with van der Waals surface area (Å²) in [4.78, 5) is 39.1. The van der Waals surface area contributed by atoms with Crippen molar-refractivity contribution in [1.29, 1.82) is 0 Å². The van der Waals surface area contributed by atoms with Gasteiger partial charge >= 0.3 is 5.97 Å². The van der Waals surface area contributed by atoms with Crippen LogP contribution in [-0.4, -0.2) is 69.1 Å². The zero-order valence-electron chi connectivity index (χ0n) is 22.2. The molecule has 0 bridgehead atoms. The zero-order valence-corrected chi connectivity index (χ0v) is 22.2. The fraction of sp³-hybridized carbons (Fsp3) is 0.414. The number of fused-ring (bicyclic) bond motifs is 1. The molecule has 10 heteroatoms. The number of rotatable bonds is 15. The Labute approximate surface area is 229 Å². The van der Waals surface area contributed by atoms with Crippen LogP contribution < -0.4 is 16.4 Å². The molecule has 0 radical (unpaired) electrons. The number of hydrogen-bond donors (Lipinski definition) is 4. The molecule has 3 heterocycles. The number of benzene rings is 1. The van der Waals surface area contributed by atoms with Crippen molar-refractivity contribution < 1.29 is 14.7 Å². The van der Waals surface area contributed by atoms with Gasteiger partial charge in [0.25, 0.3) is 0 Å². The maximum atomic E-state index is 12.0. The summed E-state index contributed by atoms with van der Waals surface area (Å²) in [5.41, 5.74) is 9.31. The Morgan fingerprint density at radius 2 is 1.90 bits per heavy atom. The van der Waals surface area contributed by atoms with E-state index in [9.17, 15) is 14.7 Å². The second kappa shape index (κ2) is 14.2. The van der Waals surface area contributed by atoms with Crippen molar-refractivity contribution in [2.24, 2.45) is 5.73 Å². The number of carboxylic acid groups (broad SMARTS) is 1. The third kappa shape index (κ3) is 8.75. The molecule has 0 fully saturated rings. The number of nitrogens with one attached hydrogen (secondary N) is 2. The number of carbonyl (C=O) groups excluding carboxylic acids is 1. The minimum atomic E-state index is -0.969. The largest absolute Gasteiger partial charge is 0.480 e. The highest BCUT2D eigenvalue weighted by Gasteiger charge is 2.20. The van der Waals surface area contributed by atoms with Crippen LogP contribution in [-0.2, 0) is 22.4 Å². The van der Waals surface area contributed by atoms with Crippen molar-refractivity contribution in [1.82, 2.24) is 19.9 Å². The molecule has 3 aromatic rings. The van der Waals surface area contributed by atoms with Gasteiger partial charge in [0.05, 0.1) is 18.1 Å². The molecule has 1 aliphatic heterocycles. The van der Waals surface area contributed by atoms with Crippen LogP contribution in [0.5, 0.6) is 0 Å². The number of primary amides is 1. The Balaban J connectivity index is 1.30. The molecule has 1 aliphatic rings. The minimum Gasteiger partial charge on any atom is -0.480 e. The second-order valence-corrected chi connectivity index (χ2v) is 9.84. The van der Waals surface area contributed by atoms with E-state index in [1.54, 1.807) is 6.20 Å². The number of nitrogens with two attached hydrogens (primary N) is 1. The van der Waals surface area contributed by atoms with E-state index in [0.717, 1.165) is 62.3 Å². The van der Waals surface area contributed by atoms with Crippen LogP contribution >= 0.6 is 0 Å². The SMILES string of the molecule is NC(=O)CCN(CCCCc1ccc2c(n1)NCCC2)CC[C@H](Nc1cncc(-c2ccccc2)n1)C(=O)O. The number of aromatic nitrogens is 3. The standard InChI is InChI=1S/C29H37N7O3/c30-26(37)14-18-36(16-5-4-10-23-12-11-22-9-6-15-32-28(22)33-23)17-13-24(29(38)39)34-27-20-31-19-25(35-27)21-7-2-1-3-8-21/h1-3,7-8,11-12,19-20,24H,4-6,9-10,13-18H2,(H2,30,37)(H,32,33)(H,34,35)(H,38,39)/t24-/m0/s1. The Bertz CT molecular complexity index is 1240. The lowest BCUT2D eigenvalue weighted by Crippen LogP contribution is -2.37. The van der Waals surface area contributed by atoms with E-state index in [1.807, 2.05) is 30.3 Å². The minimum absolute atomic E-state index is 0.230. The lowest BCUT2D eigenvalue weighted by atomic mass is 10.1. The van der Waals surface area contributed by atoms with E-state index < -0.39 is 12.0 Å². The van der Waals surface area contributed by atoms with Gasteiger partial charge in [-0.3, -0.25) is 9.78 Å². The number of aryl methyl sites for hydroxylation is 2. The summed E-state index contributed by atoms with van der Waals surface area (Å²) >= 11 is 0. The van der Waals surface area contributed by atoms with E-state index in [1.165, 1.54) is 11.8 Å². The normalized spacial score (nSPS) is 13.4. The van der Waals surface area contributed by atoms with Crippen molar-refractivity contribution >= 4 is 23.5 Å². The predicted molar refractivity (Wildman–Crippen MR) is 151 cm³/mol. The summed E-state index contributed by atoms with van der Waals surface area (Å²) in [7, 11) is 0. The Kier molecular flexibility index (Phi) is 10.2. The number of aliphatic carboxylic acids is 1. The number of unbranched alkanes of at least 4 members (excludes halogenated alkanes) is 1. The van der Waals surface area contributed by atoms with E-state index in [-0.39, 0.29) is 12.3 Å². The molecule has 1 atom stereocenters. The van der Waals surface area contributed by atoms with Crippen LogP contribution in [0.1, 0.15) is 43.4 Å². The highest BCUT2D eigenvalue weighted by molar-refractivity contribution is 5.77. The molecule has 1 aromatic carbocycles. The fourth-order valence-electron chi connectivity index (χ4n) is 4.68. The van der Waals surface area contributed by atoms with Crippen LogP contribution in [0.3, 0.4) is 0 Å². The average molecular weight is 532 g/mol. The zero-order chi connectivity index (χ0) is 27.5. The number of hydrogen-bond acceptors (Lipinski definition) is 8. The van der Waals surface area contributed by atoms with Gasteiger partial charge in [-0.05, 0) is 56.7 Å². The van der Waals surface area contributed by atoms with Crippen molar-refractivity contribution in [3.63, 3.8) is 0 Å². The molecule has 10 nitrogen and oxygen atoms in total. The topological polar surface area (TPSA) is 146 Å². The lowest BCUT2D eigenvalue weighted by Gasteiger charge is -2.24.